The van der Waals surface area contributed by atoms with Gasteiger partial charge in [0.05, 0.1) is 9.79 Å². The maximum atomic E-state index is 12.3. The number of nitrogens with one attached hydrogen (secondary N) is 2. The van der Waals surface area contributed by atoms with Crippen LogP contribution in [0.3, 0.4) is 0 Å². The zero-order chi connectivity index (χ0) is 23.4. The fraction of sp³-hybridized carbons (Fsp3) is 0.263. The number of amides is 1. The molecular formula is C19H23N3O7S2. The van der Waals surface area contributed by atoms with Crippen LogP contribution in [0.4, 0.5) is 5.69 Å². The Bertz CT molecular complexity index is 1190. The summed E-state index contributed by atoms with van der Waals surface area (Å²) in [6.07, 6.45) is -1.23. The third kappa shape index (κ3) is 6.85. The Morgan fingerprint density at radius 1 is 0.968 bits per heavy atom. The number of ether oxygens (including phenoxy) is 1. The number of sulfonamides is 2. The Labute approximate surface area is 180 Å². The van der Waals surface area contributed by atoms with Crippen LogP contribution >= 0.6 is 0 Å². The number of esters is 1. The first-order valence-corrected chi connectivity index (χ1v) is 12.0. The van der Waals surface area contributed by atoms with E-state index in [0.29, 0.717) is 0 Å². The molecule has 1 amide bonds. The zero-order valence-electron chi connectivity index (χ0n) is 17.1. The minimum Gasteiger partial charge on any atom is -0.452 e. The SMILES string of the molecule is Cc1ccc(S(=O)(=O)NCC(=O)OC(C)C(=O)Nc2ccc(S(N)(=O)=O)cc2)cc1C. The second-order valence-corrected chi connectivity index (χ2v) is 10.1. The number of hydrogen-bond donors (Lipinski definition) is 3. The lowest BCUT2D eigenvalue weighted by Crippen LogP contribution is -2.35. The van der Waals surface area contributed by atoms with Gasteiger partial charge in [-0.1, -0.05) is 6.07 Å². The molecule has 4 N–H and O–H groups in total. The number of rotatable bonds is 8. The molecule has 0 aliphatic rings. The topological polar surface area (TPSA) is 162 Å². The predicted octanol–water partition coefficient (Wildman–Crippen LogP) is 0.800. The van der Waals surface area contributed by atoms with E-state index in [4.69, 9.17) is 9.88 Å². The van der Waals surface area contributed by atoms with E-state index in [9.17, 15) is 26.4 Å². The van der Waals surface area contributed by atoms with Gasteiger partial charge >= 0.3 is 5.97 Å². The summed E-state index contributed by atoms with van der Waals surface area (Å²) in [5.41, 5.74) is 1.97. The summed E-state index contributed by atoms with van der Waals surface area (Å²) < 4.78 is 54.2. The molecule has 0 saturated heterocycles. The largest absolute Gasteiger partial charge is 0.452 e. The quantitative estimate of drug-likeness (QED) is 0.482. The Morgan fingerprint density at radius 3 is 2.10 bits per heavy atom. The summed E-state index contributed by atoms with van der Waals surface area (Å²) in [7, 11) is -7.79. The molecule has 31 heavy (non-hydrogen) atoms. The minimum atomic E-state index is -3.93. The first-order valence-electron chi connectivity index (χ1n) is 9.00. The Balaban J connectivity index is 1.91. The van der Waals surface area contributed by atoms with E-state index in [1.807, 2.05) is 6.92 Å². The van der Waals surface area contributed by atoms with E-state index in [-0.39, 0.29) is 15.5 Å². The van der Waals surface area contributed by atoms with Crippen LogP contribution in [0.1, 0.15) is 18.1 Å². The van der Waals surface area contributed by atoms with Gasteiger partial charge in [0.15, 0.2) is 6.10 Å². The number of nitrogens with two attached hydrogens (primary N) is 1. The molecule has 2 rings (SSSR count). The molecule has 12 heteroatoms. The van der Waals surface area contributed by atoms with Crippen LogP contribution in [-0.4, -0.2) is 41.4 Å². The number of carbonyl (C=O) groups is 2. The van der Waals surface area contributed by atoms with Crippen molar-refractivity contribution in [3.63, 3.8) is 0 Å². The van der Waals surface area contributed by atoms with E-state index in [1.54, 1.807) is 13.0 Å². The lowest BCUT2D eigenvalue weighted by molar-refractivity contribution is -0.151. The third-order valence-electron chi connectivity index (χ3n) is 4.32. The second kappa shape index (κ2) is 9.56. The molecule has 1 unspecified atom stereocenters. The Kier molecular flexibility index (Phi) is 7.54. The fourth-order valence-corrected chi connectivity index (χ4v) is 3.95. The third-order valence-corrected chi connectivity index (χ3v) is 6.65. The first-order chi connectivity index (χ1) is 14.3. The van der Waals surface area contributed by atoms with Gasteiger partial charge in [-0.15, -0.1) is 0 Å². The summed E-state index contributed by atoms with van der Waals surface area (Å²) in [4.78, 5) is 24.0. The van der Waals surface area contributed by atoms with Gasteiger partial charge in [0.25, 0.3) is 5.91 Å². The van der Waals surface area contributed by atoms with Crippen molar-refractivity contribution in [2.75, 3.05) is 11.9 Å². The number of aryl methyl sites for hydroxylation is 2. The van der Waals surface area contributed by atoms with Crippen LogP contribution in [-0.2, 0) is 34.4 Å². The molecule has 0 bridgehead atoms. The highest BCUT2D eigenvalue weighted by Crippen LogP contribution is 2.15. The molecule has 0 heterocycles. The van der Waals surface area contributed by atoms with E-state index < -0.39 is 44.6 Å². The first kappa shape index (κ1) is 24.5. The molecule has 0 fully saturated rings. The van der Waals surface area contributed by atoms with Gasteiger partial charge in [-0.3, -0.25) is 9.59 Å². The van der Waals surface area contributed by atoms with E-state index in [1.165, 1.54) is 43.3 Å². The van der Waals surface area contributed by atoms with Gasteiger partial charge in [-0.25, -0.2) is 22.0 Å². The van der Waals surface area contributed by atoms with E-state index in [0.717, 1.165) is 11.1 Å². The molecule has 0 spiro atoms. The molecule has 0 aliphatic heterocycles. The number of benzene rings is 2. The summed E-state index contributed by atoms with van der Waals surface area (Å²) in [6.45, 7) is 4.27. The van der Waals surface area contributed by atoms with Crippen LogP contribution in [0.15, 0.2) is 52.3 Å². The van der Waals surface area contributed by atoms with E-state index >= 15 is 0 Å². The van der Waals surface area contributed by atoms with Crippen molar-refractivity contribution in [1.29, 1.82) is 0 Å². The molecule has 0 radical (unpaired) electrons. The highest BCUT2D eigenvalue weighted by molar-refractivity contribution is 7.89. The van der Waals surface area contributed by atoms with Gasteiger partial charge < -0.3 is 10.1 Å². The van der Waals surface area contributed by atoms with Crippen molar-refractivity contribution in [2.45, 2.75) is 36.7 Å². The molecule has 10 nitrogen and oxygen atoms in total. The highest BCUT2D eigenvalue weighted by Gasteiger charge is 2.21. The number of hydrogen-bond acceptors (Lipinski definition) is 7. The molecule has 2 aromatic carbocycles. The monoisotopic (exact) mass is 469 g/mol. The molecule has 0 saturated carbocycles. The Hall–Kier alpha value is -2.80. The van der Waals surface area contributed by atoms with Crippen LogP contribution in [0, 0.1) is 13.8 Å². The van der Waals surface area contributed by atoms with Crippen molar-refractivity contribution < 1.29 is 31.2 Å². The average molecular weight is 470 g/mol. The minimum absolute atomic E-state index is 0.0112. The second-order valence-electron chi connectivity index (χ2n) is 6.76. The maximum Gasteiger partial charge on any atom is 0.321 e. The summed E-state index contributed by atoms with van der Waals surface area (Å²) in [5.74, 6) is -1.63. The smallest absolute Gasteiger partial charge is 0.321 e. The normalized spacial score (nSPS) is 12.8. The lowest BCUT2D eigenvalue weighted by atomic mass is 10.1. The van der Waals surface area contributed by atoms with Gasteiger partial charge in [0.2, 0.25) is 20.0 Å². The lowest BCUT2D eigenvalue weighted by Gasteiger charge is -2.14. The van der Waals surface area contributed by atoms with Gasteiger partial charge in [0.1, 0.15) is 6.54 Å². The van der Waals surface area contributed by atoms with Gasteiger partial charge in [0, 0.05) is 5.69 Å². The fourth-order valence-electron chi connectivity index (χ4n) is 2.38. The maximum absolute atomic E-state index is 12.3. The summed E-state index contributed by atoms with van der Waals surface area (Å²) in [5, 5.41) is 7.44. The van der Waals surface area contributed by atoms with Gasteiger partial charge in [-0.2, -0.15) is 4.72 Å². The van der Waals surface area contributed by atoms with Crippen molar-refractivity contribution in [2.24, 2.45) is 5.14 Å². The van der Waals surface area contributed by atoms with E-state index in [2.05, 4.69) is 10.0 Å². The predicted molar refractivity (Wildman–Crippen MR) is 113 cm³/mol. The van der Waals surface area contributed by atoms with Crippen LogP contribution in [0.2, 0.25) is 0 Å². The van der Waals surface area contributed by atoms with Crippen LogP contribution in [0.25, 0.3) is 0 Å². The van der Waals surface area contributed by atoms with Gasteiger partial charge in [-0.05, 0) is 68.3 Å². The molecule has 0 aromatic heterocycles. The standard InChI is InChI=1S/C19H23N3O7S2/c1-12-4-7-17(10-13(12)2)31(27,28)21-11-18(23)29-14(3)19(24)22-15-5-8-16(9-6-15)30(20,25)26/h4-10,14,21H,11H2,1-3H3,(H,22,24)(H2,20,25,26). The molecule has 168 valence electrons. The number of anilines is 1. The van der Waals surface area contributed by atoms with Crippen molar-refractivity contribution >= 4 is 37.6 Å². The average Bonchev–Trinajstić information content (AvgIpc) is 2.68. The number of primary sulfonamides is 1. The van der Waals surface area contributed by atoms with Crippen molar-refractivity contribution in [3.8, 4) is 0 Å². The van der Waals surface area contributed by atoms with Crippen LogP contribution < -0.4 is 15.2 Å². The van der Waals surface area contributed by atoms with Crippen molar-refractivity contribution in [3.05, 3.63) is 53.6 Å². The molecule has 2 aromatic rings. The zero-order valence-corrected chi connectivity index (χ0v) is 18.7. The molecular weight excluding hydrogens is 446 g/mol. The Morgan fingerprint density at radius 2 is 1.55 bits per heavy atom. The molecule has 0 aliphatic carbocycles. The van der Waals surface area contributed by atoms with Crippen LogP contribution in [0.5, 0.6) is 0 Å². The van der Waals surface area contributed by atoms with Crippen molar-refractivity contribution in [1.82, 2.24) is 4.72 Å². The summed E-state index contributed by atoms with van der Waals surface area (Å²) >= 11 is 0. The molecule has 1 atom stereocenters. The highest BCUT2D eigenvalue weighted by atomic mass is 32.2. The summed E-state index contributed by atoms with van der Waals surface area (Å²) in [6, 6.07) is 9.64. The number of carbonyl (C=O) groups excluding carboxylic acids is 2.